The van der Waals surface area contributed by atoms with E-state index >= 15 is 0 Å². The van der Waals surface area contributed by atoms with E-state index in [9.17, 15) is 24.5 Å². The van der Waals surface area contributed by atoms with Gasteiger partial charge in [-0.3, -0.25) is 4.79 Å². The number of fused-ring (bicyclic) bond motifs is 1. The highest BCUT2D eigenvalue weighted by atomic mass is 19.1. The van der Waals surface area contributed by atoms with Crippen LogP contribution in [0.15, 0.2) is 45.6 Å². The second kappa shape index (κ2) is 4.52. The zero-order valence-electron chi connectivity index (χ0n) is 10.5. The van der Waals surface area contributed by atoms with Crippen LogP contribution in [0.2, 0.25) is 0 Å². The lowest BCUT2D eigenvalue weighted by molar-refractivity contribution is 0.369. The first-order valence-corrected chi connectivity index (χ1v) is 5.96. The van der Waals surface area contributed by atoms with Gasteiger partial charge < -0.3 is 19.7 Å². The van der Waals surface area contributed by atoms with E-state index in [4.69, 9.17) is 4.42 Å². The smallest absolute Gasteiger partial charge is 0.232 e. The molecule has 3 aromatic rings. The summed E-state index contributed by atoms with van der Waals surface area (Å²) in [7, 11) is 0. The molecule has 5 nitrogen and oxygen atoms in total. The average molecular weight is 288 g/mol. The highest BCUT2D eigenvalue weighted by Gasteiger charge is 2.21. The highest BCUT2D eigenvalue weighted by Crippen LogP contribution is 2.40. The van der Waals surface area contributed by atoms with Crippen molar-refractivity contribution >= 4 is 11.0 Å². The van der Waals surface area contributed by atoms with Crippen molar-refractivity contribution in [2.24, 2.45) is 0 Å². The van der Waals surface area contributed by atoms with Crippen LogP contribution in [0.25, 0.3) is 22.3 Å². The summed E-state index contributed by atoms with van der Waals surface area (Å²) < 4.78 is 19.4. The molecule has 0 atom stereocenters. The van der Waals surface area contributed by atoms with Gasteiger partial charge in [0, 0.05) is 11.6 Å². The van der Waals surface area contributed by atoms with E-state index in [2.05, 4.69) is 0 Å². The van der Waals surface area contributed by atoms with Crippen LogP contribution >= 0.6 is 0 Å². The van der Waals surface area contributed by atoms with E-state index in [0.717, 1.165) is 6.07 Å². The summed E-state index contributed by atoms with van der Waals surface area (Å²) in [6, 6.07) is 9.05. The van der Waals surface area contributed by atoms with Crippen molar-refractivity contribution in [2.45, 2.75) is 0 Å². The normalized spacial score (nSPS) is 10.9. The van der Waals surface area contributed by atoms with Crippen LogP contribution in [0.3, 0.4) is 0 Å². The third-order valence-electron chi connectivity index (χ3n) is 3.09. The van der Waals surface area contributed by atoms with Crippen LogP contribution in [0.1, 0.15) is 0 Å². The average Bonchev–Trinajstić information content (AvgIpc) is 2.49. The molecule has 0 radical (unpaired) electrons. The minimum Gasteiger partial charge on any atom is -0.504 e. The fraction of sp³-hybridized carbons (Fsp3) is 0. The van der Waals surface area contributed by atoms with Crippen molar-refractivity contribution < 1.29 is 24.1 Å². The van der Waals surface area contributed by atoms with Crippen molar-refractivity contribution in [1.29, 1.82) is 0 Å². The molecule has 6 heteroatoms. The second-order valence-electron chi connectivity index (χ2n) is 4.41. The summed E-state index contributed by atoms with van der Waals surface area (Å²) in [4.78, 5) is 12.0. The molecule has 0 aliphatic heterocycles. The molecule has 0 spiro atoms. The molecule has 0 bridgehead atoms. The van der Waals surface area contributed by atoms with Crippen LogP contribution in [-0.2, 0) is 0 Å². The Kier molecular flexibility index (Phi) is 2.79. The summed E-state index contributed by atoms with van der Waals surface area (Å²) in [5.74, 6) is -3.99. The second-order valence-corrected chi connectivity index (χ2v) is 4.41. The molecule has 0 saturated carbocycles. The standard InChI is InChI=1S/C15H9FO5/c16-11-13(19)10-9(6-8(17)12(18)14(10)20)21-15(11)7-4-2-1-3-5-7/h1-6,17-18,20H. The van der Waals surface area contributed by atoms with Crippen molar-refractivity contribution in [3.8, 4) is 28.6 Å². The Morgan fingerprint density at radius 2 is 1.67 bits per heavy atom. The SMILES string of the molecule is O=c1c(F)c(-c2ccccc2)oc2cc(O)c(O)c(O)c12. The molecule has 0 saturated heterocycles. The van der Waals surface area contributed by atoms with Crippen LogP contribution in [0, 0.1) is 5.82 Å². The fourth-order valence-corrected chi connectivity index (χ4v) is 2.06. The highest BCUT2D eigenvalue weighted by molar-refractivity contribution is 5.89. The van der Waals surface area contributed by atoms with E-state index in [-0.39, 0.29) is 11.3 Å². The van der Waals surface area contributed by atoms with E-state index in [1.807, 2.05) is 0 Å². The van der Waals surface area contributed by atoms with Crippen molar-refractivity contribution in [2.75, 3.05) is 0 Å². The van der Waals surface area contributed by atoms with Gasteiger partial charge in [0.15, 0.2) is 17.3 Å². The van der Waals surface area contributed by atoms with Crippen LogP contribution in [0.4, 0.5) is 4.39 Å². The van der Waals surface area contributed by atoms with Gasteiger partial charge in [0.25, 0.3) is 0 Å². The number of phenols is 3. The Morgan fingerprint density at radius 1 is 1.00 bits per heavy atom. The Balaban J connectivity index is 2.44. The van der Waals surface area contributed by atoms with Crippen LogP contribution in [0.5, 0.6) is 17.2 Å². The van der Waals surface area contributed by atoms with E-state index < -0.39 is 33.9 Å². The topological polar surface area (TPSA) is 90.9 Å². The number of benzene rings is 2. The molecule has 106 valence electrons. The zero-order chi connectivity index (χ0) is 15.1. The van der Waals surface area contributed by atoms with Crippen molar-refractivity contribution in [3.05, 3.63) is 52.4 Å². The maximum absolute atomic E-state index is 14.2. The molecular weight excluding hydrogens is 279 g/mol. The van der Waals surface area contributed by atoms with Gasteiger partial charge in [-0.25, -0.2) is 0 Å². The van der Waals surface area contributed by atoms with Crippen molar-refractivity contribution in [1.82, 2.24) is 0 Å². The summed E-state index contributed by atoms with van der Waals surface area (Å²) in [5.41, 5.74) is -1.02. The Bertz CT molecular complexity index is 900. The Labute approximate surface area is 117 Å². The Hall–Kier alpha value is -3.02. The van der Waals surface area contributed by atoms with Crippen molar-refractivity contribution in [3.63, 3.8) is 0 Å². The molecular formula is C15H9FO5. The lowest BCUT2D eigenvalue weighted by Crippen LogP contribution is -2.08. The molecule has 0 aliphatic carbocycles. The molecule has 21 heavy (non-hydrogen) atoms. The molecule has 0 unspecified atom stereocenters. The predicted molar refractivity (Wildman–Crippen MR) is 72.9 cm³/mol. The summed E-state index contributed by atoms with van der Waals surface area (Å²) in [6.07, 6.45) is 0. The van der Waals surface area contributed by atoms with Gasteiger partial charge in [-0.15, -0.1) is 0 Å². The number of halogens is 1. The summed E-state index contributed by atoms with van der Waals surface area (Å²) >= 11 is 0. The van der Waals surface area contributed by atoms with Crippen LogP contribution in [-0.4, -0.2) is 15.3 Å². The zero-order valence-corrected chi connectivity index (χ0v) is 10.5. The van der Waals surface area contributed by atoms with Gasteiger partial charge in [0.05, 0.1) is 0 Å². The van der Waals surface area contributed by atoms with Gasteiger partial charge >= 0.3 is 0 Å². The number of phenolic OH excluding ortho intramolecular Hbond substituents is 3. The van der Waals surface area contributed by atoms with Gasteiger partial charge in [-0.1, -0.05) is 30.3 Å². The summed E-state index contributed by atoms with van der Waals surface area (Å²) in [6.45, 7) is 0. The predicted octanol–water partition coefficient (Wildman–Crippen LogP) is 2.72. The van der Waals surface area contributed by atoms with E-state index in [1.54, 1.807) is 30.3 Å². The third-order valence-corrected chi connectivity index (χ3v) is 3.09. The molecule has 3 N–H and O–H groups in total. The van der Waals surface area contributed by atoms with E-state index in [0.29, 0.717) is 5.56 Å². The molecule has 0 fully saturated rings. The molecule has 2 aromatic carbocycles. The van der Waals surface area contributed by atoms with Gasteiger partial charge in [-0.05, 0) is 0 Å². The molecule has 3 rings (SSSR count). The fourth-order valence-electron chi connectivity index (χ4n) is 2.06. The number of aromatic hydroxyl groups is 3. The minimum absolute atomic E-state index is 0.229. The van der Waals surface area contributed by atoms with E-state index in [1.165, 1.54) is 0 Å². The van der Waals surface area contributed by atoms with Gasteiger partial charge in [-0.2, -0.15) is 4.39 Å². The number of hydrogen-bond donors (Lipinski definition) is 3. The first-order valence-electron chi connectivity index (χ1n) is 5.96. The number of hydrogen-bond acceptors (Lipinski definition) is 5. The van der Waals surface area contributed by atoms with Crippen LogP contribution < -0.4 is 5.43 Å². The largest absolute Gasteiger partial charge is 0.504 e. The van der Waals surface area contributed by atoms with Gasteiger partial charge in [0.2, 0.25) is 17.0 Å². The maximum Gasteiger partial charge on any atom is 0.232 e. The third kappa shape index (κ3) is 1.88. The minimum atomic E-state index is -1.19. The molecule has 1 aromatic heterocycles. The first kappa shape index (κ1) is 13.0. The molecule has 0 amide bonds. The lowest BCUT2D eigenvalue weighted by atomic mass is 10.1. The molecule has 0 aliphatic rings. The lowest BCUT2D eigenvalue weighted by Gasteiger charge is -2.08. The van der Waals surface area contributed by atoms with Gasteiger partial charge in [0.1, 0.15) is 11.0 Å². The monoisotopic (exact) mass is 288 g/mol. The Morgan fingerprint density at radius 3 is 2.33 bits per heavy atom. The molecule has 1 heterocycles. The first-order chi connectivity index (χ1) is 10.0. The maximum atomic E-state index is 14.2. The summed E-state index contributed by atoms with van der Waals surface area (Å²) in [5, 5.41) is 28.0. The quantitative estimate of drug-likeness (QED) is 0.599. The number of rotatable bonds is 1.